The Hall–Kier alpha value is -2.34. The van der Waals surface area contributed by atoms with Crippen molar-refractivity contribution in [2.24, 2.45) is 11.3 Å². The summed E-state index contributed by atoms with van der Waals surface area (Å²) < 4.78 is 41.9. The van der Waals surface area contributed by atoms with Gasteiger partial charge in [0.1, 0.15) is 0 Å². The number of alkyl halides is 3. The van der Waals surface area contributed by atoms with E-state index in [2.05, 4.69) is 5.32 Å². The van der Waals surface area contributed by atoms with Crippen LogP contribution in [0.1, 0.15) is 41.0 Å². The Morgan fingerprint density at radius 3 is 2.46 bits per heavy atom. The van der Waals surface area contributed by atoms with Crippen LogP contribution in [0.15, 0.2) is 48.5 Å². The summed E-state index contributed by atoms with van der Waals surface area (Å²) in [4.78, 5) is 12.6. The molecule has 2 bridgehead atoms. The lowest BCUT2D eigenvalue weighted by atomic mass is 9.42. The summed E-state index contributed by atoms with van der Waals surface area (Å²) in [6.45, 7) is 0.700. The van der Waals surface area contributed by atoms with Crippen LogP contribution in [-0.4, -0.2) is 24.2 Å². The van der Waals surface area contributed by atoms with Crippen LogP contribution in [-0.2, 0) is 16.4 Å². The number of carboxylic acid groups (broad SMARTS) is 1. The Labute approximate surface area is 160 Å². The van der Waals surface area contributed by atoms with Crippen molar-refractivity contribution in [3.05, 3.63) is 70.8 Å². The van der Waals surface area contributed by atoms with Crippen LogP contribution in [0.2, 0.25) is 0 Å². The van der Waals surface area contributed by atoms with Crippen LogP contribution < -0.4 is 5.32 Å². The third-order valence-electron chi connectivity index (χ3n) is 7.36. The molecule has 3 nitrogen and oxygen atoms in total. The summed E-state index contributed by atoms with van der Waals surface area (Å²) in [5.41, 5.74) is -0.713. The molecule has 1 heterocycles. The van der Waals surface area contributed by atoms with Gasteiger partial charge in [-0.1, -0.05) is 42.5 Å². The van der Waals surface area contributed by atoms with Gasteiger partial charge >= 0.3 is 12.1 Å². The highest BCUT2D eigenvalue weighted by Crippen LogP contribution is 2.68. The van der Waals surface area contributed by atoms with Gasteiger partial charge < -0.3 is 10.4 Å². The molecule has 2 aromatic carbocycles. The van der Waals surface area contributed by atoms with Gasteiger partial charge in [0.2, 0.25) is 0 Å². The molecule has 2 N–H and O–H groups in total. The van der Waals surface area contributed by atoms with Crippen molar-refractivity contribution >= 4 is 5.97 Å². The van der Waals surface area contributed by atoms with Crippen molar-refractivity contribution < 1.29 is 23.1 Å². The Balaban J connectivity index is 1.88. The molecule has 3 aliphatic carbocycles. The molecule has 6 heteroatoms. The molecule has 4 unspecified atom stereocenters. The van der Waals surface area contributed by atoms with Crippen molar-refractivity contribution in [2.45, 2.75) is 30.4 Å². The first kappa shape index (κ1) is 17.7. The predicted octanol–water partition coefficient (Wildman–Crippen LogP) is 4.17. The maximum absolute atomic E-state index is 14.0. The van der Waals surface area contributed by atoms with E-state index in [0.29, 0.717) is 25.9 Å². The molecule has 1 saturated heterocycles. The van der Waals surface area contributed by atoms with Crippen molar-refractivity contribution in [1.29, 1.82) is 0 Å². The van der Waals surface area contributed by atoms with E-state index >= 15 is 0 Å². The lowest BCUT2D eigenvalue weighted by molar-refractivity contribution is -0.157. The number of nitrogens with one attached hydrogen (secondary N) is 1. The van der Waals surface area contributed by atoms with E-state index in [1.54, 1.807) is 12.1 Å². The van der Waals surface area contributed by atoms with E-state index in [4.69, 9.17) is 0 Å². The molecule has 1 aliphatic heterocycles. The van der Waals surface area contributed by atoms with Crippen LogP contribution in [0.3, 0.4) is 0 Å². The van der Waals surface area contributed by atoms with E-state index in [1.165, 1.54) is 6.07 Å². The van der Waals surface area contributed by atoms with Gasteiger partial charge in [-0.05, 0) is 35.6 Å². The molecule has 4 aliphatic rings. The van der Waals surface area contributed by atoms with Crippen molar-refractivity contribution in [1.82, 2.24) is 5.32 Å². The normalized spacial score (nSPS) is 33.4. The maximum Gasteiger partial charge on any atom is 0.416 e. The SMILES string of the molecule is O=C(O)C12CNCC1C1(c3ccccc3C(F)(F)F)CCC2c2ccccc21. The van der Waals surface area contributed by atoms with Crippen molar-refractivity contribution in [3.63, 3.8) is 0 Å². The fraction of sp³-hybridized carbons (Fsp3) is 0.409. The van der Waals surface area contributed by atoms with Gasteiger partial charge in [-0.25, -0.2) is 0 Å². The first-order valence-corrected chi connectivity index (χ1v) is 9.53. The number of aliphatic carboxylic acids is 1. The van der Waals surface area contributed by atoms with Gasteiger partial charge in [0.05, 0.1) is 11.0 Å². The third kappa shape index (κ3) is 1.96. The zero-order valence-corrected chi connectivity index (χ0v) is 15.1. The zero-order valence-electron chi connectivity index (χ0n) is 15.1. The minimum atomic E-state index is -4.49. The van der Waals surface area contributed by atoms with E-state index in [9.17, 15) is 23.1 Å². The van der Waals surface area contributed by atoms with Gasteiger partial charge in [0.15, 0.2) is 0 Å². The molecule has 0 amide bonds. The zero-order chi connectivity index (χ0) is 19.7. The summed E-state index contributed by atoms with van der Waals surface area (Å²) in [6, 6.07) is 13.2. The van der Waals surface area contributed by atoms with Gasteiger partial charge in [-0.2, -0.15) is 13.2 Å². The average molecular weight is 387 g/mol. The van der Waals surface area contributed by atoms with E-state index in [0.717, 1.165) is 17.2 Å². The lowest BCUT2D eigenvalue weighted by Crippen LogP contribution is -2.60. The molecule has 1 saturated carbocycles. The van der Waals surface area contributed by atoms with Crippen LogP contribution in [0, 0.1) is 11.3 Å². The highest BCUT2D eigenvalue weighted by molar-refractivity contribution is 5.80. The molecule has 28 heavy (non-hydrogen) atoms. The average Bonchev–Trinajstić information content (AvgIpc) is 3.16. The molecule has 0 spiro atoms. The van der Waals surface area contributed by atoms with E-state index in [-0.39, 0.29) is 11.5 Å². The fourth-order valence-corrected chi connectivity index (χ4v) is 6.44. The smallest absolute Gasteiger partial charge is 0.416 e. The molecule has 6 rings (SSSR count). The number of benzene rings is 2. The number of fused-ring (bicyclic) bond motifs is 1. The first-order valence-electron chi connectivity index (χ1n) is 9.53. The Kier molecular flexibility index (Phi) is 3.55. The van der Waals surface area contributed by atoms with Gasteiger partial charge in [-0.3, -0.25) is 4.79 Å². The molecule has 4 atom stereocenters. The summed E-state index contributed by atoms with van der Waals surface area (Å²) in [5.74, 6) is -1.51. The maximum atomic E-state index is 14.0. The second-order valence-electron chi connectivity index (χ2n) is 8.22. The molecular weight excluding hydrogens is 367 g/mol. The number of hydrogen-bond acceptors (Lipinski definition) is 2. The van der Waals surface area contributed by atoms with E-state index < -0.39 is 34.5 Å². The number of rotatable bonds is 2. The minimum Gasteiger partial charge on any atom is -0.481 e. The second-order valence-corrected chi connectivity index (χ2v) is 8.22. The molecular formula is C22H20F3NO2. The van der Waals surface area contributed by atoms with Crippen LogP contribution in [0.4, 0.5) is 13.2 Å². The quantitative estimate of drug-likeness (QED) is 0.813. The Bertz CT molecular complexity index is 972. The van der Waals surface area contributed by atoms with Crippen LogP contribution in [0.5, 0.6) is 0 Å². The third-order valence-corrected chi connectivity index (χ3v) is 7.36. The first-order chi connectivity index (χ1) is 13.3. The van der Waals surface area contributed by atoms with Crippen molar-refractivity contribution in [3.8, 4) is 0 Å². The summed E-state index contributed by atoms with van der Waals surface area (Å²) >= 11 is 0. The number of hydrogen-bond donors (Lipinski definition) is 2. The molecule has 0 radical (unpaired) electrons. The predicted molar refractivity (Wildman–Crippen MR) is 97.1 cm³/mol. The van der Waals surface area contributed by atoms with E-state index in [1.807, 2.05) is 24.3 Å². The number of halogens is 3. The Morgan fingerprint density at radius 2 is 1.75 bits per heavy atom. The summed E-state index contributed by atoms with van der Waals surface area (Å²) in [7, 11) is 0. The highest BCUT2D eigenvalue weighted by atomic mass is 19.4. The fourth-order valence-electron chi connectivity index (χ4n) is 6.44. The standard InChI is InChI=1S/C22H20F3NO2/c23-22(24,25)17-8-4-3-7-16(17)20-10-9-15(13-5-1-2-6-14(13)20)21(19(27)28)12-26-11-18(20)21/h1-8,15,18,26H,9-12H2,(H,27,28). The monoisotopic (exact) mass is 387 g/mol. The molecule has 0 aromatic heterocycles. The number of carboxylic acids is 1. The van der Waals surface area contributed by atoms with Crippen molar-refractivity contribution in [2.75, 3.05) is 13.1 Å². The minimum absolute atomic E-state index is 0.180. The lowest BCUT2D eigenvalue weighted by Gasteiger charge is -2.59. The topological polar surface area (TPSA) is 49.3 Å². The van der Waals surface area contributed by atoms with Gasteiger partial charge in [0.25, 0.3) is 0 Å². The molecule has 2 aromatic rings. The highest BCUT2D eigenvalue weighted by Gasteiger charge is 2.69. The largest absolute Gasteiger partial charge is 0.481 e. The summed E-state index contributed by atoms with van der Waals surface area (Å²) in [5, 5.41) is 13.5. The second kappa shape index (κ2) is 5.60. The Morgan fingerprint density at radius 1 is 1.07 bits per heavy atom. The van der Waals surface area contributed by atoms with Crippen LogP contribution >= 0.6 is 0 Å². The summed E-state index contributed by atoms with van der Waals surface area (Å²) in [6.07, 6.45) is -3.39. The van der Waals surface area contributed by atoms with Gasteiger partial charge in [-0.15, -0.1) is 0 Å². The molecule has 2 fully saturated rings. The number of carbonyl (C=O) groups is 1. The molecule has 146 valence electrons. The van der Waals surface area contributed by atoms with Gasteiger partial charge in [0, 0.05) is 30.3 Å². The van der Waals surface area contributed by atoms with Crippen LogP contribution in [0.25, 0.3) is 0 Å².